The molecule has 0 aromatic heterocycles. The number of hydrogen-bond donors (Lipinski definition) is 0. The van der Waals surface area contributed by atoms with E-state index in [1.54, 1.807) is 0 Å². The molecule has 1 rings (SSSR count). The minimum absolute atomic E-state index is 0.0453. The van der Waals surface area contributed by atoms with Crippen LogP contribution >= 0.6 is 0 Å². The number of rotatable bonds is 4. The summed E-state index contributed by atoms with van der Waals surface area (Å²) in [6, 6.07) is 3.21. The predicted molar refractivity (Wildman–Crippen MR) is 47.2 cm³/mol. The number of halogens is 1. The van der Waals surface area contributed by atoms with Gasteiger partial charge in [-0.15, -0.1) is 0 Å². The maximum atomic E-state index is 13.1. The van der Waals surface area contributed by atoms with Crippen molar-refractivity contribution in [2.45, 2.75) is 0 Å². The number of Topliss-reactive ketones (excluding diaryl/α,β-unsaturated/α-hetero) is 2. The first-order valence-electron chi connectivity index (χ1n) is 3.89. The van der Waals surface area contributed by atoms with Crippen LogP contribution in [0.5, 0.6) is 0 Å². The highest BCUT2D eigenvalue weighted by Gasteiger charge is 2.19. The number of aldehydes is 2. The molecular formula is C10H5FO4. The molecule has 15 heavy (non-hydrogen) atoms. The van der Waals surface area contributed by atoms with Crippen molar-refractivity contribution >= 4 is 24.1 Å². The van der Waals surface area contributed by atoms with Crippen LogP contribution in [0.4, 0.5) is 4.39 Å². The average Bonchev–Trinajstić information content (AvgIpc) is 2.26. The Morgan fingerprint density at radius 1 is 1.07 bits per heavy atom. The predicted octanol–water partition coefficient (Wildman–Crippen LogP) is 0.589. The lowest BCUT2D eigenvalue weighted by Crippen LogP contribution is -2.13. The minimum Gasteiger partial charge on any atom is -0.294 e. The second kappa shape index (κ2) is 4.36. The Kier molecular flexibility index (Phi) is 3.17. The van der Waals surface area contributed by atoms with Gasteiger partial charge in [-0.25, -0.2) is 4.39 Å². The highest BCUT2D eigenvalue weighted by Crippen LogP contribution is 2.13. The van der Waals surface area contributed by atoms with Gasteiger partial charge in [-0.2, -0.15) is 0 Å². The summed E-state index contributed by atoms with van der Waals surface area (Å²) in [6.45, 7) is 0. The zero-order valence-corrected chi connectivity index (χ0v) is 7.40. The SMILES string of the molecule is O=CC(=O)c1cccc(F)c1C(=O)C=O. The summed E-state index contributed by atoms with van der Waals surface area (Å²) in [5, 5.41) is 0. The van der Waals surface area contributed by atoms with E-state index < -0.39 is 28.5 Å². The number of benzene rings is 1. The summed E-state index contributed by atoms with van der Waals surface area (Å²) in [5.74, 6) is -3.21. The fraction of sp³-hybridized carbons (Fsp3) is 0. The molecule has 1 aromatic carbocycles. The summed E-state index contributed by atoms with van der Waals surface area (Å²) in [4.78, 5) is 42.4. The van der Waals surface area contributed by atoms with E-state index in [0.29, 0.717) is 0 Å². The lowest BCUT2D eigenvalue weighted by molar-refractivity contribution is -0.105. The van der Waals surface area contributed by atoms with E-state index in [1.165, 1.54) is 6.07 Å². The molecule has 76 valence electrons. The molecular weight excluding hydrogens is 203 g/mol. The molecule has 4 nitrogen and oxygen atoms in total. The average molecular weight is 208 g/mol. The van der Waals surface area contributed by atoms with Crippen LogP contribution in [-0.2, 0) is 9.59 Å². The number of carbonyl (C=O) groups excluding carboxylic acids is 4. The Hall–Kier alpha value is -2.17. The van der Waals surface area contributed by atoms with E-state index in [4.69, 9.17) is 0 Å². The van der Waals surface area contributed by atoms with Gasteiger partial charge in [-0.05, 0) is 12.1 Å². The van der Waals surface area contributed by atoms with Gasteiger partial charge in [0.25, 0.3) is 0 Å². The number of hydrogen-bond acceptors (Lipinski definition) is 4. The highest BCUT2D eigenvalue weighted by atomic mass is 19.1. The Labute approximate surface area is 83.7 Å². The van der Waals surface area contributed by atoms with Gasteiger partial charge in [-0.3, -0.25) is 19.2 Å². The van der Waals surface area contributed by atoms with Crippen molar-refractivity contribution in [3.05, 3.63) is 35.1 Å². The molecule has 0 bridgehead atoms. The molecule has 0 heterocycles. The zero-order chi connectivity index (χ0) is 11.4. The largest absolute Gasteiger partial charge is 0.294 e. The van der Waals surface area contributed by atoms with E-state index in [1.807, 2.05) is 0 Å². The van der Waals surface area contributed by atoms with Crippen molar-refractivity contribution in [2.24, 2.45) is 0 Å². The minimum atomic E-state index is -1.17. The van der Waals surface area contributed by atoms with Crippen molar-refractivity contribution in [1.82, 2.24) is 0 Å². The van der Waals surface area contributed by atoms with Gasteiger partial charge in [0.05, 0.1) is 5.56 Å². The molecule has 0 spiro atoms. The Morgan fingerprint density at radius 3 is 2.20 bits per heavy atom. The van der Waals surface area contributed by atoms with Gasteiger partial charge in [0.1, 0.15) is 5.82 Å². The third kappa shape index (κ3) is 2.01. The molecule has 0 saturated heterocycles. The molecule has 0 unspecified atom stereocenters. The molecule has 0 aliphatic heterocycles. The fourth-order valence-electron chi connectivity index (χ4n) is 1.10. The normalized spacial score (nSPS) is 9.40. The first kappa shape index (κ1) is 10.9. The smallest absolute Gasteiger partial charge is 0.229 e. The standard InChI is InChI=1S/C10H5FO4/c11-7-3-1-2-6(8(14)4-12)10(7)9(15)5-13/h1-5H. The van der Waals surface area contributed by atoms with Gasteiger partial charge in [0, 0.05) is 5.56 Å². The van der Waals surface area contributed by atoms with E-state index >= 15 is 0 Å². The fourth-order valence-corrected chi connectivity index (χ4v) is 1.10. The lowest BCUT2D eigenvalue weighted by atomic mass is 10.0. The van der Waals surface area contributed by atoms with E-state index in [0.717, 1.165) is 12.1 Å². The molecule has 0 N–H and O–H groups in total. The van der Waals surface area contributed by atoms with E-state index in [2.05, 4.69) is 0 Å². The lowest BCUT2D eigenvalue weighted by Gasteiger charge is -2.02. The van der Waals surface area contributed by atoms with Crippen molar-refractivity contribution < 1.29 is 23.6 Å². The van der Waals surface area contributed by atoms with Crippen LogP contribution in [0.1, 0.15) is 20.7 Å². The van der Waals surface area contributed by atoms with Crippen molar-refractivity contribution in [3.63, 3.8) is 0 Å². The summed E-state index contributed by atoms with van der Waals surface area (Å²) in [5.41, 5.74) is -1.06. The molecule has 0 aliphatic rings. The topological polar surface area (TPSA) is 68.3 Å². The first-order chi connectivity index (χ1) is 7.11. The Morgan fingerprint density at radius 2 is 1.67 bits per heavy atom. The van der Waals surface area contributed by atoms with Crippen LogP contribution in [0, 0.1) is 5.82 Å². The zero-order valence-electron chi connectivity index (χ0n) is 7.40. The van der Waals surface area contributed by atoms with Gasteiger partial charge in [0.15, 0.2) is 12.6 Å². The Balaban J connectivity index is 3.45. The monoisotopic (exact) mass is 208 g/mol. The maximum absolute atomic E-state index is 13.1. The van der Waals surface area contributed by atoms with Crippen LogP contribution < -0.4 is 0 Å². The second-order valence-corrected chi connectivity index (χ2v) is 2.63. The molecule has 0 radical (unpaired) electrons. The van der Waals surface area contributed by atoms with Crippen molar-refractivity contribution in [3.8, 4) is 0 Å². The molecule has 0 fully saturated rings. The summed E-state index contributed by atoms with van der Waals surface area (Å²) < 4.78 is 13.1. The van der Waals surface area contributed by atoms with Gasteiger partial charge in [-0.1, -0.05) is 6.07 Å². The van der Waals surface area contributed by atoms with Crippen LogP contribution in [0.15, 0.2) is 18.2 Å². The molecule has 5 heteroatoms. The molecule has 0 aliphatic carbocycles. The first-order valence-corrected chi connectivity index (χ1v) is 3.89. The van der Waals surface area contributed by atoms with Gasteiger partial charge < -0.3 is 0 Å². The molecule has 0 amide bonds. The summed E-state index contributed by atoms with van der Waals surface area (Å²) in [6.07, 6.45) is -0.156. The third-order valence-electron chi connectivity index (χ3n) is 1.74. The third-order valence-corrected chi connectivity index (χ3v) is 1.74. The van der Waals surface area contributed by atoms with Crippen LogP contribution in [-0.4, -0.2) is 24.1 Å². The van der Waals surface area contributed by atoms with Crippen molar-refractivity contribution in [2.75, 3.05) is 0 Å². The van der Waals surface area contributed by atoms with Crippen LogP contribution in [0.25, 0.3) is 0 Å². The summed E-state index contributed by atoms with van der Waals surface area (Å²) in [7, 11) is 0. The molecule has 1 aromatic rings. The second-order valence-electron chi connectivity index (χ2n) is 2.63. The maximum Gasteiger partial charge on any atom is 0.229 e. The Bertz CT molecular complexity index is 451. The number of ketones is 2. The van der Waals surface area contributed by atoms with Crippen LogP contribution in [0.2, 0.25) is 0 Å². The van der Waals surface area contributed by atoms with Gasteiger partial charge in [0.2, 0.25) is 11.6 Å². The van der Waals surface area contributed by atoms with E-state index in [-0.39, 0.29) is 12.6 Å². The molecule has 0 atom stereocenters. The highest BCUT2D eigenvalue weighted by molar-refractivity contribution is 6.40. The number of carbonyl (C=O) groups is 4. The molecule has 0 saturated carbocycles. The van der Waals surface area contributed by atoms with Crippen LogP contribution in [0.3, 0.4) is 0 Å². The summed E-state index contributed by atoms with van der Waals surface area (Å²) >= 11 is 0. The van der Waals surface area contributed by atoms with Crippen molar-refractivity contribution in [1.29, 1.82) is 0 Å². The van der Waals surface area contributed by atoms with E-state index in [9.17, 15) is 23.6 Å². The van der Waals surface area contributed by atoms with Gasteiger partial charge >= 0.3 is 0 Å². The quantitative estimate of drug-likeness (QED) is 0.412.